The Morgan fingerprint density at radius 1 is 1.38 bits per heavy atom. The number of benzene rings is 1. The van der Waals surface area contributed by atoms with Crippen LogP contribution in [0, 0.1) is 0 Å². The fourth-order valence-corrected chi connectivity index (χ4v) is 1.88. The van der Waals surface area contributed by atoms with Crippen LogP contribution in [0.15, 0.2) is 35.4 Å². The van der Waals surface area contributed by atoms with Gasteiger partial charge in [0.1, 0.15) is 0 Å². The van der Waals surface area contributed by atoms with Crippen LogP contribution >= 0.6 is 11.8 Å². The lowest BCUT2D eigenvalue weighted by molar-refractivity contribution is 0.252. The molecule has 0 fully saturated rings. The van der Waals surface area contributed by atoms with Crippen LogP contribution in [-0.4, -0.2) is 15.7 Å². The fourth-order valence-electron chi connectivity index (χ4n) is 1.32. The van der Waals surface area contributed by atoms with Gasteiger partial charge in [0, 0.05) is 10.5 Å². The summed E-state index contributed by atoms with van der Waals surface area (Å²) in [6.07, 6.45) is 1.57. The highest BCUT2D eigenvalue weighted by Gasteiger charge is 2.07. The van der Waals surface area contributed by atoms with E-state index in [2.05, 4.69) is 9.97 Å². The molecule has 1 heterocycles. The molecule has 0 saturated heterocycles. The van der Waals surface area contributed by atoms with Crippen molar-refractivity contribution in [1.82, 2.24) is 9.97 Å². The molecule has 2 aromatic rings. The van der Waals surface area contributed by atoms with Gasteiger partial charge >= 0.3 is 0 Å². The summed E-state index contributed by atoms with van der Waals surface area (Å²) >= 11 is 0.515. The summed E-state index contributed by atoms with van der Waals surface area (Å²) in [5.74, 6) is -2.11. The van der Waals surface area contributed by atoms with E-state index in [0.29, 0.717) is 28.3 Å². The molecule has 0 unspecified atom stereocenters. The Balaban J connectivity index is 2.28. The summed E-state index contributed by atoms with van der Waals surface area (Å²) in [5, 5.41) is 0. The monoisotopic (exact) mass is 241 g/mol. The molecule has 0 spiro atoms. The van der Waals surface area contributed by atoms with E-state index in [1.165, 1.54) is 0 Å². The highest BCUT2D eigenvalue weighted by molar-refractivity contribution is 7.99. The van der Waals surface area contributed by atoms with E-state index in [9.17, 15) is 8.78 Å². The number of aromatic nitrogens is 2. The van der Waals surface area contributed by atoms with Gasteiger partial charge in [0.2, 0.25) is 0 Å². The van der Waals surface area contributed by atoms with Gasteiger partial charge in [-0.3, -0.25) is 0 Å². The van der Waals surface area contributed by atoms with Crippen molar-refractivity contribution < 1.29 is 8.78 Å². The summed E-state index contributed by atoms with van der Waals surface area (Å²) in [6.45, 7) is 0. The first-order valence-corrected chi connectivity index (χ1v) is 5.39. The number of imidazole rings is 1. The van der Waals surface area contributed by atoms with E-state index >= 15 is 0 Å². The van der Waals surface area contributed by atoms with E-state index in [1.54, 1.807) is 24.4 Å². The summed E-state index contributed by atoms with van der Waals surface area (Å²) in [5.41, 5.74) is 6.95. The van der Waals surface area contributed by atoms with E-state index in [-0.39, 0.29) is 0 Å². The molecule has 84 valence electrons. The topological polar surface area (TPSA) is 54.7 Å². The number of aromatic amines is 1. The smallest absolute Gasteiger partial charge is 0.288 e. The lowest BCUT2D eigenvalue weighted by atomic mass is 10.2. The number of nitrogens with one attached hydrogen (secondary N) is 1. The number of hydrogen-bond donors (Lipinski definition) is 2. The Kier molecular flexibility index (Phi) is 3.09. The maximum Gasteiger partial charge on any atom is 0.288 e. The molecule has 0 atom stereocenters. The van der Waals surface area contributed by atoms with Gasteiger partial charge in [-0.25, -0.2) is 4.98 Å². The highest BCUT2D eigenvalue weighted by atomic mass is 32.2. The largest absolute Gasteiger partial charge is 0.369 e. The van der Waals surface area contributed by atoms with Gasteiger partial charge in [-0.1, -0.05) is 23.9 Å². The van der Waals surface area contributed by atoms with Gasteiger partial charge in [-0.2, -0.15) is 8.78 Å². The second kappa shape index (κ2) is 4.52. The number of H-pyrrole nitrogens is 1. The third kappa shape index (κ3) is 2.52. The van der Waals surface area contributed by atoms with Crippen molar-refractivity contribution in [2.24, 2.45) is 0 Å². The average Bonchev–Trinajstić information content (AvgIpc) is 2.64. The standard InChI is InChI=1S/C10H9F2N3S/c11-9(12)16-7-3-1-2-6(4-7)8-5-14-10(13)15-8/h1-5,9H,(H3,13,14,15). The van der Waals surface area contributed by atoms with Crippen molar-refractivity contribution in [3.8, 4) is 11.3 Å². The van der Waals surface area contributed by atoms with Crippen LogP contribution in [0.3, 0.4) is 0 Å². The second-order valence-corrected chi connectivity index (χ2v) is 4.15. The number of thioether (sulfide) groups is 1. The first-order valence-electron chi connectivity index (χ1n) is 4.51. The number of nitrogens with two attached hydrogens (primary N) is 1. The molecule has 1 aromatic heterocycles. The molecule has 0 bridgehead atoms. The van der Waals surface area contributed by atoms with Gasteiger partial charge in [0.25, 0.3) is 5.76 Å². The van der Waals surface area contributed by atoms with Crippen molar-refractivity contribution in [3.05, 3.63) is 30.5 Å². The van der Waals surface area contributed by atoms with Crippen molar-refractivity contribution in [1.29, 1.82) is 0 Å². The normalized spacial score (nSPS) is 10.9. The first-order chi connectivity index (χ1) is 7.65. The van der Waals surface area contributed by atoms with Crippen molar-refractivity contribution in [3.63, 3.8) is 0 Å². The molecule has 3 nitrogen and oxygen atoms in total. The van der Waals surface area contributed by atoms with Gasteiger partial charge in [-0.05, 0) is 12.1 Å². The van der Waals surface area contributed by atoms with Crippen LogP contribution < -0.4 is 5.73 Å². The number of nitrogen functional groups attached to an aromatic ring is 1. The average molecular weight is 241 g/mol. The Bertz CT molecular complexity index is 484. The minimum absolute atomic E-state index is 0.307. The van der Waals surface area contributed by atoms with Crippen LogP contribution in [0.4, 0.5) is 14.7 Å². The highest BCUT2D eigenvalue weighted by Crippen LogP contribution is 2.28. The molecule has 3 N–H and O–H groups in total. The molecule has 6 heteroatoms. The number of halogens is 2. The van der Waals surface area contributed by atoms with Crippen molar-refractivity contribution >= 4 is 17.7 Å². The third-order valence-corrected chi connectivity index (χ3v) is 2.67. The lowest BCUT2D eigenvalue weighted by Crippen LogP contribution is -1.86. The van der Waals surface area contributed by atoms with Gasteiger partial charge in [0.15, 0.2) is 5.95 Å². The Morgan fingerprint density at radius 3 is 2.81 bits per heavy atom. The zero-order valence-electron chi connectivity index (χ0n) is 8.15. The number of nitrogens with zero attached hydrogens (tertiary/aromatic N) is 1. The third-order valence-electron chi connectivity index (χ3n) is 1.97. The van der Waals surface area contributed by atoms with Crippen LogP contribution in [0.1, 0.15) is 0 Å². The number of alkyl halides is 2. The minimum atomic E-state index is -2.41. The number of rotatable bonds is 3. The maximum absolute atomic E-state index is 12.2. The summed E-state index contributed by atoms with van der Waals surface area (Å²) in [7, 11) is 0. The summed E-state index contributed by atoms with van der Waals surface area (Å²) < 4.78 is 24.4. The molecule has 0 radical (unpaired) electrons. The Labute approximate surface area is 95.1 Å². The van der Waals surface area contributed by atoms with Crippen LogP contribution in [0.25, 0.3) is 11.3 Å². The van der Waals surface area contributed by atoms with E-state index in [0.717, 1.165) is 5.56 Å². The Morgan fingerprint density at radius 2 is 2.19 bits per heavy atom. The maximum atomic E-state index is 12.2. The zero-order chi connectivity index (χ0) is 11.5. The molecular weight excluding hydrogens is 232 g/mol. The molecule has 16 heavy (non-hydrogen) atoms. The molecule has 0 amide bonds. The molecule has 0 aliphatic rings. The molecule has 0 aliphatic heterocycles. The molecule has 1 aromatic carbocycles. The predicted octanol–water partition coefficient (Wildman–Crippen LogP) is 2.97. The van der Waals surface area contributed by atoms with Crippen LogP contribution in [0.5, 0.6) is 0 Å². The molecule has 0 aliphatic carbocycles. The van der Waals surface area contributed by atoms with Gasteiger partial charge < -0.3 is 10.7 Å². The summed E-state index contributed by atoms with van der Waals surface area (Å²) in [4.78, 5) is 7.21. The van der Waals surface area contributed by atoms with E-state index in [4.69, 9.17) is 5.73 Å². The van der Waals surface area contributed by atoms with Gasteiger partial charge in [0.05, 0.1) is 11.9 Å². The first kappa shape index (κ1) is 10.9. The van der Waals surface area contributed by atoms with E-state index in [1.807, 2.05) is 6.07 Å². The van der Waals surface area contributed by atoms with Crippen LogP contribution in [0.2, 0.25) is 0 Å². The van der Waals surface area contributed by atoms with Gasteiger partial charge in [-0.15, -0.1) is 0 Å². The second-order valence-electron chi connectivity index (χ2n) is 3.09. The lowest BCUT2D eigenvalue weighted by Gasteiger charge is -2.02. The summed E-state index contributed by atoms with van der Waals surface area (Å²) in [6, 6.07) is 6.84. The number of anilines is 1. The van der Waals surface area contributed by atoms with E-state index < -0.39 is 5.76 Å². The molecular formula is C10H9F2N3S. The zero-order valence-corrected chi connectivity index (χ0v) is 8.97. The number of hydrogen-bond acceptors (Lipinski definition) is 3. The predicted molar refractivity (Wildman–Crippen MR) is 60.3 cm³/mol. The fraction of sp³-hybridized carbons (Fsp3) is 0.100. The SMILES string of the molecule is Nc1ncc(-c2cccc(SC(F)F)c2)[nH]1. The van der Waals surface area contributed by atoms with Crippen molar-refractivity contribution in [2.75, 3.05) is 5.73 Å². The Hall–Kier alpha value is -1.56. The van der Waals surface area contributed by atoms with Crippen molar-refractivity contribution in [2.45, 2.75) is 10.7 Å². The quantitative estimate of drug-likeness (QED) is 0.812. The minimum Gasteiger partial charge on any atom is -0.369 e. The molecule has 0 saturated carbocycles. The molecule has 2 rings (SSSR count). The van der Waals surface area contributed by atoms with Crippen LogP contribution in [-0.2, 0) is 0 Å².